The van der Waals surface area contributed by atoms with Crippen molar-refractivity contribution in [1.82, 2.24) is 0 Å². The van der Waals surface area contributed by atoms with Gasteiger partial charge in [-0.3, -0.25) is 0 Å². The Morgan fingerprint density at radius 1 is 1.38 bits per heavy atom. The molecule has 0 bridgehead atoms. The molecule has 2 nitrogen and oxygen atoms in total. The van der Waals surface area contributed by atoms with E-state index in [1.54, 1.807) is 6.21 Å². The van der Waals surface area contributed by atoms with Gasteiger partial charge in [-0.2, -0.15) is 10.2 Å². The van der Waals surface area contributed by atoms with Crippen LogP contribution in [0.4, 0.5) is 0 Å². The third-order valence-corrected chi connectivity index (χ3v) is 0.527. The normalized spacial score (nSPS) is 12.4. The molecule has 0 aromatic carbocycles. The van der Waals surface area contributed by atoms with Crippen LogP contribution in [0, 0.1) is 5.41 Å². The molecule has 0 heterocycles. The van der Waals surface area contributed by atoms with Gasteiger partial charge in [-0.25, -0.2) is 0 Å². The van der Waals surface area contributed by atoms with Crippen LogP contribution >= 0.6 is 0 Å². The van der Waals surface area contributed by atoms with E-state index in [-0.39, 0.29) is 5.41 Å². The maximum Gasteiger partial charge on any atom is 0.0323 e. The first-order chi connectivity index (χ1) is 3.56. The van der Waals surface area contributed by atoms with Gasteiger partial charge in [0.1, 0.15) is 0 Å². The van der Waals surface area contributed by atoms with Gasteiger partial charge in [0.05, 0.1) is 0 Å². The van der Waals surface area contributed by atoms with E-state index >= 15 is 0 Å². The highest BCUT2D eigenvalue weighted by Crippen LogP contribution is 2.07. The highest BCUT2D eigenvalue weighted by molar-refractivity contribution is 5.63. The molecule has 0 saturated carbocycles. The molecule has 0 fully saturated rings. The molecule has 0 amide bonds. The van der Waals surface area contributed by atoms with Crippen LogP contribution < -0.4 is 0 Å². The van der Waals surface area contributed by atoms with Crippen molar-refractivity contribution in [3.05, 3.63) is 0 Å². The molecule has 0 spiro atoms. The highest BCUT2D eigenvalue weighted by atomic mass is 15.2. The van der Waals surface area contributed by atoms with Gasteiger partial charge < -0.3 is 0 Å². The van der Waals surface area contributed by atoms with E-state index in [1.165, 1.54) is 0 Å². The summed E-state index contributed by atoms with van der Waals surface area (Å²) in [5, 5.41) is 6.97. The van der Waals surface area contributed by atoms with Crippen LogP contribution in [0.15, 0.2) is 10.2 Å². The Morgan fingerprint density at radius 3 is 2.00 bits per heavy atom. The molecule has 2 heteroatoms. The largest absolute Gasteiger partial charge is 0.167 e. The van der Waals surface area contributed by atoms with Gasteiger partial charge in [-0.1, -0.05) is 20.8 Å². The van der Waals surface area contributed by atoms with E-state index in [9.17, 15) is 0 Å². The smallest absolute Gasteiger partial charge is 0.0323 e. The molecule has 0 saturated heterocycles. The Kier molecular flexibility index (Phi) is 2.38. The van der Waals surface area contributed by atoms with Gasteiger partial charge in [0.25, 0.3) is 0 Å². The van der Waals surface area contributed by atoms with E-state index in [1.807, 2.05) is 0 Å². The van der Waals surface area contributed by atoms with Gasteiger partial charge in [-0.05, 0) is 5.41 Å². The van der Waals surface area contributed by atoms with Crippen molar-refractivity contribution >= 4 is 12.9 Å². The molecule has 0 rings (SSSR count). The standard InChI is InChI=1S/C6H12N2/c1-6(2,3)5-8-7-4/h5H,4H2,1-3H3/b8-5+. The third kappa shape index (κ3) is 5.34. The fourth-order valence-electron chi connectivity index (χ4n) is 0.214. The maximum absolute atomic E-state index is 3.63. The fraction of sp³-hybridized carbons (Fsp3) is 0.667. The predicted octanol–water partition coefficient (Wildman–Crippen LogP) is 1.72. The van der Waals surface area contributed by atoms with Crippen LogP contribution in [0.2, 0.25) is 0 Å². The van der Waals surface area contributed by atoms with Crippen molar-refractivity contribution in [2.75, 3.05) is 0 Å². The first kappa shape index (κ1) is 7.34. The van der Waals surface area contributed by atoms with Crippen LogP contribution in [-0.2, 0) is 0 Å². The van der Waals surface area contributed by atoms with Gasteiger partial charge >= 0.3 is 0 Å². The monoisotopic (exact) mass is 112 g/mol. The highest BCUT2D eigenvalue weighted by Gasteiger charge is 2.03. The zero-order valence-electron chi connectivity index (χ0n) is 5.68. The Morgan fingerprint density at radius 2 is 1.88 bits per heavy atom. The van der Waals surface area contributed by atoms with Crippen LogP contribution in [0.3, 0.4) is 0 Å². The maximum atomic E-state index is 3.63. The molecule has 0 N–H and O–H groups in total. The average Bonchev–Trinajstić information content (AvgIpc) is 1.59. The Labute approximate surface area is 50.3 Å². The van der Waals surface area contributed by atoms with E-state index in [0.29, 0.717) is 0 Å². The lowest BCUT2D eigenvalue weighted by atomic mass is 9.99. The van der Waals surface area contributed by atoms with Crippen molar-refractivity contribution in [2.45, 2.75) is 20.8 Å². The fourth-order valence-corrected chi connectivity index (χ4v) is 0.214. The van der Waals surface area contributed by atoms with Crippen molar-refractivity contribution in [3.8, 4) is 0 Å². The van der Waals surface area contributed by atoms with Crippen LogP contribution in [0.1, 0.15) is 20.8 Å². The van der Waals surface area contributed by atoms with Gasteiger partial charge in [0.2, 0.25) is 0 Å². The second-order valence-corrected chi connectivity index (χ2v) is 2.75. The molecule has 0 aliphatic heterocycles. The summed E-state index contributed by atoms with van der Waals surface area (Å²) in [6.07, 6.45) is 1.76. The summed E-state index contributed by atoms with van der Waals surface area (Å²) < 4.78 is 0. The van der Waals surface area contributed by atoms with Crippen LogP contribution in [0.25, 0.3) is 0 Å². The molecule has 0 aromatic heterocycles. The van der Waals surface area contributed by atoms with Crippen LogP contribution in [0.5, 0.6) is 0 Å². The zero-order valence-corrected chi connectivity index (χ0v) is 5.68. The number of hydrogen-bond donors (Lipinski definition) is 0. The summed E-state index contributed by atoms with van der Waals surface area (Å²) >= 11 is 0. The van der Waals surface area contributed by atoms with Crippen molar-refractivity contribution in [2.24, 2.45) is 15.6 Å². The van der Waals surface area contributed by atoms with E-state index in [0.717, 1.165) is 0 Å². The molecular weight excluding hydrogens is 100 g/mol. The van der Waals surface area contributed by atoms with Gasteiger partial charge in [0.15, 0.2) is 0 Å². The molecule has 0 aromatic rings. The summed E-state index contributed by atoms with van der Waals surface area (Å²) in [5.74, 6) is 0. The lowest BCUT2D eigenvalue weighted by molar-refractivity contribution is 0.605. The minimum Gasteiger partial charge on any atom is -0.167 e. The average molecular weight is 112 g/mol. The van der Waals surface area contributed by atoms with Crippen LogP contribution in [-0.4, -0.2) is 12.9 Å². The van der Waals surface area contributed by atoms with Gasteiger partial charge in [-0.15, -0.1) is 0 Å². The molecule has 0 atom stereocenters. The summed E-state index contributed by atoms with van der Waals surface area (Å²) in [6.45, 7) is 9.39. The molecule has 8 heavy (non-hydrogen) atoms. The molecule has 0 radical (unpaired) electrons. The molecule has 0 aliphatic rings. The SMILES string of the molecule is C=N/N=C/C(C)(C)C. The quantitative estimate of drug-likeness (QED) is 0.364. The summed E-state index contributed by atoms with van der Waals surface area (Å²) in [7, 11) is 0. The lowest BCUT2D eigenvalue weighted by Crippen LogP contribution is -2.05. The topological polar surface area (TPSA) is 24.7 Å². The third-order valence-electron chi connectivity index (χ3n) is 0.527. The minimum atomic E-state index is 0.126. The summed E-state index contributed by atoms with van der Waals surface area (Å²) in [5.41, 5.74) is 0.126. The summed E-state index contributed by atoms with van der Waals surface area (Å²) in [6, 6.07) is 0. The second kappa shape index (κ2) is 2.60. The Bertz CT molecular complexity index is 97.6. The lowest BCUT2D eigenvalue weighted by Gasteiger charge is -2.07. The van der Waals surface area contributed by atoms with Crippen molar-refractivity contribution < 1.29 is 0 Å². The van der Waals surface area contributed by atoms with E-state index < -0.39 is 0 Å². The van der Waals surface area contributed by atoms with E-state index in [4.69, 9.17) is 0 Å². The first-order valence-corrected chi connectivity index (χ1v) is 2.56. The van der Waals surface area contributed by atoms with Gasteiger partial charge in [0, 0.05) is 12.9 Å². The first-order valence-electron chi connectivity index (χ1n) is 2.56. The predicted molar refractivity (Wildman–Crippen MR) is 37.5 cm³/mol. The molecular formula is C6H12N2. The Balaban J connectivity index is 3.69. The Hall–Kier alpha value is -0.660. The van der Waals surface area contributed by atoms with Crippen molar-refractivity contribution in [3.63, 3.8) is 0 Å². The van der Waals surface area contributed by atoms with Crippen molar-refractivity contribution in [1.29, 1.82) is 0 Å². The molecule has 0 aliphatic carbocycles. The second-order valence-electron chi connectivity index (χ2n) is 2.75. The molecule has 0 unspecified atom stereocenters. The molecule has 46 valence electrons. The number of nitrogens with zero attached hydrogens (tertiary/aromatic N) is 2. The summed E-state index contributed by atoms with van der Waals surface area (Å²) in [4.78, 5) is 0. The number of hydrogen-bond acceptors (Lipinski definition) is 2. The minimum absolute atomic E-state index is 0.126. The number of rotatable bonds is 1. The zero-order chi connectivity index (χ0) is 6.62. The van der Waals surface area contributed by atoms with E-state index in [2.05, 4.69) is 37.7 Å².